The van der Waals surface area contributed by atoms with E-state index in [0.717, 1.165) is 0 Å². The van der Waals surface area contributed by atoms with Gasteiger partial charge in [-0.15, -0.1) is 0 Å². The Morgan fingerprint density at radius 3 is 2.37 bits per heavy atom. The van der Waals surface area contributed by atoms with E-state index < -0.39 is 0 Å². The summed E-state index contributed by atoms with van der Waals surface area (Å²) in [6, 6.07) is 7.14. The van der Waals surface area contributed by atoms with Crippen molar-refractivity contribution in [2.75, 3.05) is 40.5 Å². The van der Waals surface area contributed by atoms with Gasteiger partial charge in [-0.1, -0.05) is 12.1 Å². The minimum Gasteiger partial charge on any atom is -0.491 e. The molecule has 2 amide bonds. The van der Waals surface area contributed by atoms with Crippen molar-refractivity contribution in [1.82, 2.24) is 9.80 Å². The van der Waals surface area contributed by atoms with E-state index in [-0.39, 0.29) is 31.1 Å². The number of aliphatic hydroxyl groups excluding tert-OH is 1. The lowest BCUT2D eigenvalue weighted by atomic mass is 10.0. The summed E-state index contributed by atoms with van der Waals surface area (Å²) in [6.45, 7) is 4.79. The molecule has 0 fully saturated rings. The van der Waals surface area contributed by atoms with Gasteiger partial charge in [0.05, 0.1) is 18.3 Å². The van der Waals surface area contributed by atoms with Gasteiger partial charge in [0.15, 0.2) is 0 Å². The van der Waals surface area contributed by atoms with Gasteiger partial charge in [0.25, 0.3) is 11.8 Å². The number of methoxy groups -OCH3 is 1. The molecule has 2 rings (SSSR count). The summed E-state index contributed by atoms with van der Waals surface area (Å²) >= 11 is 0. The van der Waals surface area contributed by atoms with E-state index in [4.69, 9.17) is 9.47 Å². The van der Waals surface area contributed by atoms with E-state index in [1.165, 1.54) is 4.90 Å². The maximum absolute atomic E-state index is 13.0. The number of aliphatic hydroxyl groups is 1. The molecule has 1 N–H and O–H groups in total. The van der Waals surface area contributed by atoms with Gasteiger partial charge in [-0.2, -0.15) is 0 Å². The predicted molar refractivity (Wildman–Crippen MR) is 102 cm³/mol. The number of likely N-dealkylation sites (N-methyl/N-ethyl adjacent to an activating group) is 1. The highest BCUT2D eigenvalue weighted by Crippen LogP contribution is 2.32. The highest BCUT2D eigenvalue weighted by atomic mass is 16.5. The molecular weight excluding hydrogens is 348 g/mol. The van der Waals surface area contributed by atoms with Crippen LogP contribution in [-0.4, -0.2) is 73.3 Å². The highest BCUT2D eigenvalue weighted by molar-refractivity contribution is 6.35. The minimum absolute atomic E-state index is 0.0484. The third-order valence-electron chi connectivity index (χ3n) is 4.21. The lowest BCUT2D eigenvalue weighted by molar-refractivity contribution is -0.137. The smallest absolute Gasteiger partial charge is 0.277 e. The molecule has 0 atom stereocenters. The first kappa shape index (κ1) is 20.9. The second-order valence-electron chi connectivity index (χ2n) is 6.67. The molecule has 1 aromatic carbocycles. The number of imide groups is 1. The molecule has 0 bridgehead atoms. The molecule has 1 heterocycles. The van der Waals surface area contributed by atoms with Crippen LogP contribution in [0.15, 0.2) is 30.0 Å². The number of rotatable bonds is 10. The number of nitrogens with zero attached hydrogens (tertiary/aromatic N) is 2. The maximum atomic E-state index is 13.0. The number of hydrogen-bond acceptors (Lipinski definition) is 6. The van der Waals surface area contributed by atoms with E-state index in [0.29, 0.717) is 42.2 Å². The second-order valence-corrected chi connectivity index (χ2v) is 6.67. The number of carbonyl (C=O) groups is 2. The van der Waals surface area contributed by atoms with Crippen LogP contribution in [0.1, 0.15) is 25.8 Å². The molecule has 0 saturated heterocycles. The van der Waals surface area contributed by atoms with Crippen LogP contribution in [0.5, 0.6) is 5.75 Å². The van der Waals surface area contributed by atoms with Gasteiger partial charge in [0.1, 0.15) is 11.4 Å². The Morgan fingerprint density at radius 2 is 1.81 bits per heavy atom. The van der Waals surface area contributed by atoms with Gasteiger partial charge in [0.2, 0.25) is 0 Å². The van der Waals surface area contributed by atoms with E-state index in [2.05, 4.69) is 0 Å². The second kappa shape index (κ2) is 9.53. The predicted octanol–water partition coefficient (Wildman–Crippen LogP) is 1.51. The lowest BCUT2D eigenvalue weighted by Gasteiger charge is -2.20. The van der Waals surface area contributed by atoms with E-state index in [1.807, 2.05) is 13.8 Å². The molecule has 0 aromatic heterocycles. The van der Waals surface area contributed by atoms with Crippen molar-refractivity contribution >= 4 is 17.4 Å². The van der Waals surface area contributed by atoms with Crippen molar-refractivity contribution in [1.29, 1.82) is 0 Å². The monoisotopic (exact) mass is 376 g/mol. The Labute approximate surface area is 160 Å². The summed E-state index contributed by atoms with van der Waals surface area (Å²) in [6.07, 6.45) is 0.617. The molecule has 7 nitrogen and oxygen atoms in total. The topological polar surface area (TPSA) is 79.3 Å². The lowest BCUT2D eigenvalue weighted by Crippen LogP contribution is -2.35. The number of benzene rings is 1. The van der Waals surface area contributed by atoms with Crippen molar-refractivity contribution in [3.8, 4) is 5.75 Å². The van der Waals surface area contributed by atoms with Crippen LogP contribution >= 0.6 is 0 Å². The molecule has 7 heteroatoms. The third kappa shape index (κ3) is 4.87. The number of ether oxygens (including phenoxy) is 2. The zero-order valence-electron chi connectivity index (χ0n) is 16.4. The molecule has 1 aliphatic rings. The van der Waals surface area contributed by atoms with Crippen LogP contribution in [0.2, 0.25) is 0 Å². The summed E-state index contributed by atoms with van der Waals surface area (Å²) in [5.41, 5.74) is 1.31. The fourth-order valence-electron chi connectivity index (χ4n) is 2.98. The van der Waals surface area contributed by atoms with Gasteiger partial charge in [-0.3, -0.25) is 14.5 Å². The van der Waals surface area contributed by atoms with E-state index in [9.17, 15) is 14.7 Å². The molecule has 0 unspecified atom stereocenters. The Bertz CT molecular complexity index is 697. The fraction of sp³-hybridized carbons (Fsp3) is 0.500. The summed E-state index contributed by atoms with van der Waals surface area (Å²) in [7, 11) is 3.28. The largest absolute Gasteiger partial charge is 0.491 e. The standard InChI is InChI=1S/C20H28N2O5/c1-14(2)27-16-8-6-15(7-9-16)17-18(21(3)11-12-23)20(25)22(19(17)24)10-5-13-26-4/h6-9,14,23H,5,10-13H2,1-4H3. The summed E-state index contributed by atoms with van der Waals surface area (Å²) in [5.74, 6) is 0.0336. The van der Waals surface area contributed by atoms with Gasteiger partial charge >= 0.3 is 0 Å². The summed E-state index contributed by atoms with van der Waals surface area (Å²) in [5, 5.41) is 9.26. The molecule has 27 heavy (non-hydrogen) atoms. The highest BCUT2D eigenvalue weighted by Gasteiger charge is 2.40. The van der Waals surface area contributed by atoms with Crippen LogP contribution in [0.3, 0.4) is 0 Å². The van der Waals surface area contributed by atoms with Crippen molar-refractivity contribution in [2.45, 2.75) is 26.4 Å². The number of amides is 2. The summed E-state index contributed by atoms with van der Waals surface area (Å²) in [4.78, 5) is 28.7. The van der Waals surface area contributed by atoms with Crippen LogP contribution < -0.4 is 4.74 Å². The quantitative estimate of drug-likeness (QED) is 0.493. The van der Waals surface area contributed by atoms with Crippen molar-refractivity contribution < 1.29 is 24.2 Å². The fourth-order valence-corrected chi connectivity index (χ4v) is 2.98. The van der Waals surface area contributed by atoms with Gasteiger partial charge < -0.3 is 19.5 Å². The molecule has 0 radical (unpaired) electrons. The molecule has 148 valence electrons. The van der Waals surface area contributed by atoms with Crippen molar-refractivity contribution in [2.24, 2.45) is 0 Å². The van der Waals surface area contributed by atoms with Crippen molar-refractivity contribution in [3.63, 3.8) is 0 Å². The Hall–Kier alpha value is -2.38. The average molecular weight is 376 g/mol. The van der Waals surface area contributed by atoms with Crippen LogP contribution in [-0.2, 0) is 14.3 Å². The first-order chi connectivity index (χ1) is 12.9. The first-order valence-corrected chi connectivity index (χ1v) is 9.09. The minimum atomic E-state index is -0.343. The van der Waals surface area contributed by atoms with Crippen molar-refractivity contribution in [3.05, 3.63) is 35.5 Å². The molecule has 1 aliphatic heterocycles. The molecular formula is C20H28N2O5. The Morgan fingerprint density at radius 1 is 1.15 bits per heavy atom. The zero-order chi connectivity index (χ0) is 20.0. The maximum Gasteiger partial charge on any atom is 0.277 e. The molecule has 0 spiro atoms. The van der Waals surface area contributed by atoms with Crippen LogP contribution in [0, 0.1) is 0 Å². The molecule has 1 aromatic rings. The third-order valence-corrected chi connectivity index (χ3v) is 4.21. The van der Waals surface area contributed by atoms with Crippen LogP contribution in [0.25, 0.3) is 5.57 Å². The molecule has 0 aliphatic carbocycles. The Balaban J connectivity index is 2.37. The SMILES string of the molecule is COCCCN1C(=O)C(c2ccc(OC(C)C)cc2)=C(N(C)CCO)C1=O. The number of hydrogen-bond donors (Lipinski definition) is 1. The van der Waals surface area contributed by atoms with Gasteiger partial charge in [-0.25, -0.2) is 0 Å². The van der Waals surface area contributed by atoms with E-state index in [1.54, 1.807) is 43.3 Å². The zero-order valence-corrected chi connectivity index (χ0v) is 16.4. The van der Waals surface area contributed by atoms with Crippen LogP contribution in [0.4, 0.5) is 0 Å². The summed E-state index contributed by atoms with van der Waals surface area (Å²) < 4.78 is 10.7. The average Bonchev–Trinajstić information content (AvgIpc) is 2.87. The van der Waals surface area contributed by atoms with Gasteiger partial charge in [-0.05, 0) is 38.0 Å². The van der Waals surface area contributed by atoms with E-state index >= 15 is 0 Å². The van der Waals surface area contributed by atoms with Gasteiger partial charge in [0, 0.05) is 33.9 Å². The molecule has 0 saturated carbocycles. The Kier molecular flexibility index (Phi) is 7.38. The first-order valence-electron chi connectivity index (χ1n) is 9.09. The number of carbonyl (C=O) groups excluding carboxylic acids is 2. The normalized spacial score (nSPS) is 14.5.